The summed E-state index contributed by atoms with van der Waals surface area (Å²) in [6.07, 6.45) is 1.15. The normalized spacial score (nSPS) is 15.4. The summed E-state index contributed by atoms with van der Waals surface area (Å²) in [6, 6.07) is 1.00. The van der Waals surface area contributed by atoms with E-state index in [1.165, 1.54) is 0 Å². The van der Waals surface area contributed by atoms with Crippen LogP contribution in [-0.4, -0.2) is 64.6 Å². The first kappa shape index (κ1) is 15.8. The third-order valence-corrected chi connectivity index (χ3v) is 2.96. The number of nitrogens with one attached hydrogen (secondary N) is 1. The van der Waals surface area contributed by atoms with E-state index in [-0.39, 0.29) is 0 Å². The van der Waals surface area contributed by atoms with E-state index in [4.69, 9.17) is 9.47 Å². The first-order chi connectivity index (χ1) is 7.65. The fourth-order valence-electron chi connectivity index (χ4n) is 1.61. The molecule has 98 valence electrons. The van der Waals surface area contributed by atoms with E-state index in [9.17, 15) is 0 Å². The van der Waals surface area contributed by atoms with E-state index in [2.05, 4.69) is 24.1 Å². The zero-order valence-electron chi connectivity index (χ0n) is 11.5. The molecule has 0 aromatic heterocycles. The third-order valence-electron chi connectivity index (χ3n) is 2.96. The van der Waals surface area contributed by atoms with Crippen LogP contribution in [0.25, 0.3) is 0 Å². The van der Waals surface area contributed by atoms with Crippen molar-refractivity contribution in [3.63, 3.8) is 0 Å². The maximum absolute atomic E-state index is 5.20. The topological polar surface area (TPSA) is 33.7 Å². The first-order valence-corrected chi connectivity index (χ1v) is 6.04. The molecule has 0 aliphatic carbocycles. The second-order valence-corrected chi connectivity index (χ2v) is 4.31. The number of ether oxygens (including phenoxy) is 2. The molecule has 0 aliphatic rings. The second kappa shape index (κ2) is 10.0. The van der Waals surface area contributed by atoms with Crippen LogP contribution in [0, 0.1) is 0 Å². The Labute approximate surface area is 100 Å². The Hall–Kier alpha value is -0.160. The van der Waals surface area contributed by atoms with Crippen LogP contribution in [0.1, 0.15) is 20.3 Å². The van der Waals surface area contributed by atoms with Gasteiger partial charge in [0.1, 0.15) is 0 Å². The Morgan fingerprint density at radius 1 is 1.12 bits per heavy atom. The molecule has 0 aromatic carbocycles. The average Bonchev–Trinajstić information content (AvgIpc) is 2.29. The summed E-state index contributed by atoms with van der Waals surface area (Å²) in [5.74, 6) is 0. The molecule has 4 heteroatoms. The van der Waals surface area contributed by atoms with Crippen molar-refractivity contribution in [2.75, 3.05) is 47.6 Å². The highest BCUT2D eigenvalue weighted by Crippen LogP contribution is 2.03. The minimum Gasteiger partial charge on any atom is -0.383 e. The van der Waals surface area contributed by atoms with Crippen LogP contribution in [0.15, 0.2) is 0 Å². The van der Waals surface area contributed by atoms with Gasteiger partial charge in [-0.3, -0.25) is 4.90 Å². The maximum Gasteiger partial charge on any atom is 0.0615 e. The van der Waals surface area contributed by atoms with Crippen molar-refractivity contribution in [2.45, 2.75) is 32.4 Å². The van der Waals surface area contributed by atoms with E-state index < -0.39 is 0 Å². The quantitative estimate of drug-likeness (QED) is 0.608. The van der Waals surface area contributed by atoms with Crippen LogP contribution in [0.5, 0.6) is 0 Å². The number of rotatable bonds is 10. The molecule has 0 saturated carbocycles. The molecule has 0 heterocycles. The summed E-state index contributed by atoms with van der Waals surface area (Å²) in [5.41, 5.74) is 0. The standard InChI is InChI=1S/C12H28N2O2/c1-11(13-3)6-7-14(8-9-15-4)12(2)10-16-5/h11-13H,6-10H2,1-5H3. The van der Waals surface area contributed by atoms with Gasteiger partial charge in [0, 0.05) is 39.4 Å². The van der Waals surface area contributed by atoms with Gasteiger partial charge >= 0.3 is 0 Å². The maximum atomic E-state index is 5.20. The Kier molecular flexibility index (Phi) is 9.92. The highest BCUT2D eigenvalue weighted by Gasteiger charge is 2.13. The van der Waals surface area contributed by atoms with Crippen LogP contribution < -0.4 is 5.32 Å². The smallest absolute Gasteiger partial charge is 0.0615 e. The minimum atomic E-state index is 0.448. The van der Waals surface area contributed by atoms with Crippen LogP contribution in [0.2, 0.25) is 0 Å². The van der Waals surface area contributed by atoms with E-state index in [1.807, 2.05) is 7.05 Å². The van der Waals surface area contributed by atoms with Gasteiger partial charge < -0.3 is 14.8 Å². The number of nitrogens with zero attached hydrogens (tertiary/aromatic N) is 1. The van der Waals surface area contributed by atoms with Gasteiger partial charge in [0.2, 0.25) is 0 Å². The van der Waals surface area contributed by atoms with Crippen molar-refractivity contribution >= 4 is 0 Å². The van der Waals surface area contributed by atoms with Crippen molar-refractivity contribution in [1.82, 2.24) is 10.2 Å². The molecule has 16 heavy (non-hydrogen) atoms. The molecular formula is C12H28N2O2. The van der Waals surface area contributed by atoms with Gasteiger partial charge in [-0.1, -0.05) is 0 Å². The van der Waals surface area contributed by atoms with Gasteiger partial charge in [-0.05, 0) is 27.3 Å². The molecule has 1 N–H and O–H groups in total. The SMILES string of the molecule is CNC(C)CCN(CCOC)C(C)COC. The zero-order chi connectivity index (χ0) is 12.4. The van der Waals surface area contributed by atoms with Crippen LogP contribution in [-0.2, 0) is 9.47 Å². The molecule has 2 unspecified atom stereocenters. The molecule has 0 saturated heterocycles. The van der Waals surface area contributed by atoms with Gasteiger partial charge in [0.05, 0.1) is 13.2 Å². The molecule has 0 fully saturated rings. The molecule has 2 atom stereocenters. The number of methoxy groups -OCH3 is 2. The highest BCUT2D eigenvalue weighted by atomic mass is 16.5. The summed E-state index contributed by atoms with van der Waals surface area (Å²) < 4.78 is 10.3. The summed E-state index contributed by atoms with van der Waals surface area (Å²) in [4.78, 5) is 2.42. The molecule has 0 amide bonds. The Morgan fingerprint density at radius 3 is 2.31 bits per heavy atom. The third kappa shape index (κ3) is 7.17. The minimum absolute atomic E-state index is 0.448. The fourth-order valence-corrected chi connectivity index (χ4v) is 1.61. The molecule has 0 radical (unpaired) electrons. The van der Waals surface area contributed by atoms with Crippen LogP contribution >= 0.6 is 0 Å². The van der Waals surface area contributed by atoms with Gasteiger partial charge in [-0.2, -0.15) is 0 Å². The van der Waals surface area contributed by atoms with Crippen molar-refractivity contribution in [3.05, 3.63) is 0 Å². The molecule has 0 spiro atoms. The summed E-state index contributed by atoms with van der Waals surface area (Å²) >= 11 is 0. The lowest BCUT2D eigenvalue weighted by Crippen LogP contribution is -2.41. The van der Waals surface area contributed by atoms with Crippen molar-refractivity contribution in [3.8, 4) is 0 Å². The van der Waals surface area contributed by atoms with Crippen LogP contribution in [0.4, 0.5) is 0 Å². The van der Waals surface area contributed by atoms with Crippen molar-refractivity contribution < 1.29 is 9.47 Å². The van der Waals surface area contributed by atoms with Gasteiger partial charge in [0.15, 0.2) is 0 Å². The number of hydrogen-bond acceptors (Lipinski definition) is 4. The monoisotopic (exact) mass is 232 g/mol. The Balaban J connectivity index is 3.98. The average molecular weight is 232 g/mol. The summed E-state index contributed by atoms with van der Waals surface area (Å²) in [5, 5.41) is 3.26. The predicted molar refractivity (Wildman–Crippen MR) is 67.9 cm³/mol. The highest BCUT2D eigenvalue weighted by molar-refractivity contribution is 4.69. The molecule has 4 nitrogen and oxygen atoms in total. The largest absolute Gasteiger partial charge is 0.383 e. The zero-order valence-corrected chi connectivity index (χ0v) is 11.5. The molecule has 0 rings (SSSR count). The van der Waals surface area contributed by atoms with E-state index in [0.717, 1.165) is 32.7 Å². The summed E-state index contributed by atoms with van der Waals surface area (Å²) in [6.45, 7) is 8.01. The molecule has 0 aromatic rings. The van der Waals surface area contributed by atoms with Gasteiger partial charge in [0.25, 0.3) is 0 Å². The predicted octanol–water partition coefficient (Wildman–Crippen LogP) is 0.968. The molecule has 0 aliphatic heterocycles. The lowest BCUT2D eigenvalue weighted by molar-refractivity contribution is 0.0730. The van der Waals surface area contributed by atoms with Gasteiger partial charge in [-0.25, -0.2) is 0 Å². The van der Waals surface area contributed by atoms with Crippen molar-refractivity contribution in [1.29, 1.82) is 0 Å². The van der Waals surface area contributed by atoms with E-state index in [0.29, 0.717) is 12.1 Å². The fraction of sp³-hybridized carbons (Fsp3) is 1.00. The molecular weight excluding hydrogens is 204 g/mol. The molecule has 0 bridgehead atoms. The lowest BCUT2D eigenvalue weighted by Gasteiger charge is -2.29. The van der Waals surface area contributed by atoms with Crippen molar-refractivity contribution in [2.24, 2.45) is 0 Å². The first-order valence-electron chi connectivity index (χ1n) is 6.04. The summed E-state index contributed by atoms with van der Waals surface area (Å²) in [7, 11) is 5.50. The second-order valence-electron chi connectivity index (χ2n) is 4.31. The van der Waals surface area contributed by atoms with Gasteiger partial charge in [-0.15, -0.1) is 0 Å². The van der Waals surface area contributed by atoms with E-state index in [1.54, 1.807) is 14.2 Å². The van der Waals surface area contributed by atoms with E-state index >= 15 is 0 Å². The Morgan fingerprint density at radius 2 is 1.81 bits per heavy atom. The lowest BCUT2D eigenvalue weighted by atomic mass is 10.2. The van der Waals surface area contributed by atoms with Crippen LogP contribution in [0.3, 0.4) is 0 Å². The Bertz CT molecular complexity index is 156. The number of hydrogen-bond donors (Lipinski definition) is 1.